The quantitative estimate of drug-likeness (QED) is 0.487. The minimum Gasteiger partial charge on any atom is -0.458 e. The van der Waals surface area contributed by atoms with Gasteiger partial charge in [0.1, 0.15) is 18.0 Å². The summed E-state index contributed by atoms with van der Waals surface area (Å²) in [5, 5.41) is 0. The van der Waals surface area contributed by atoms with E-state index in [4.69, 9.17) is 14.2 Å². The Morgan fingerprint density at radius 1 is 1.16 bits per heavy atom. The molecule has 5 aliphatic rings. The number of fused-ring (bicyclic) bond motifs is 3. The van der Waals surface area contributed by atoms with E-state index in [-0.39, 0.29) is 52.7 Å². The van der Waals surface area contributed by atoms with Crippen molar-refractivity contribution in [3.63, 3.8) is 0 Å². The summed E-state index contributed by atoms with van der Waals surface area (Å²) < 4.78 is 17.0. The Hall–Kier alpha value is -2.21. The van der Waals surface area contributed by atoms with Gasteiger partial charge in [-0.3, -0.25) is 14.4 Å². The maximum atomic E-state index is 13.1. The largest absolute Gasteiger partial charge is 0.458 e. The van der Waals surface area contributed by atoms with E-state index in [1.807, 2.05) is 12.2 Å². The van der Waals surface area contributed by atoms with E-state index >= 15 is 0 Å². The average molecular weight is 441 g/mol. The lowest BCUT2D eigenvalue weighted by molar-refractivity contribution is -0.149. The summed E-state index contributed by atoms with van der Waals surface area (Å²) in [4.78, 5) is 35.8. The van der Waals surface area contributed by atoms with Crippen LogP contribution in [0.5, 0.6) is 0 Å². The molecule has 32 heavy (non-hydrogen) atoms. The number of esters is 2. The molecule has 4 aliphatic carbocycles. The number of hydrogen-bond acceptors (Lipinski definition) is 6. The zero-order valence-corrected chi connectivity index (χ0v) is 19.5. The smallest absolute Gasteiger partial charge is 0.308 e. The number of allylic oxidation sites excluding steroid dienone is 3. The van der Waals surface area contributed by atoms with Crippen LogP contribution in [-0.4, -0.2) is 36.0 Å². The topological polar surface area (TPSA) is 82.2 Å². The number of ketones is 1. The van der Waals surface area contributed by atoms with Gasteiger partial charge >= 0.3 is 11.9 Å². The van der Waals surface area contributed by atoms with Crippen molar-refractivity contribution in [1.82, 2.24) is 0 Å². The summed E-state index contributed by atoms with van der Waals surface area (Å²) in [6.45, 7) is 9.26. The summed E-state index contributed by atoms with van der Waals surface area (Å²) in [6.07, 6.45) is 11.1. The lowest BCUT2D eigenvalue weighted by Crippen LogP contribution is -2.56. The molecule has 6 nitrogen and oxygen atoms in total. The molecule has 172 valence electrons. The molecule has 1 heterocycles. The van der Waals surface area contributed by atoms with E-state index in [1.54, 1.807) is 0 Å². The number of Topliss-reactive ketones (excluding diaryl/α,β-unsaturated/α-hetero) is 1. The SMILES string of the molecule is CC(=O)OCC(=O)[C@H]1C(C)C[C@H]2[C@@H]3CC=C4C=C(OC(C)=O)C=C[C@]4(C)[C@]34OC4C[C@]12C. The first-order valence-electron chi connectivity index (χ1n) is 11.7. The van der Waals surface area contributed by atoms with Crippen LogP contribution < -0.4 is 0 Å². The van der Waals surface area contributed by atoms with Crippen molar-refractivity contribution in [2.75, 3.05) is 6.61 Å². The van der Waals surface area contributed by atoms with Crippen molar-refractivity contribution in [1.29, 1.82) is 0 Å². The monoisotopic (exact) mass is 440 g/mol. The standard InChI is InChI=1S/C26H32O6/c1-14-10-20-19-7-6-17-11-18(31-16(3)28)8-9-25(17,5)26(19)22(32-26)12-24(20,4)23(14)21(29)13-30-15(2)27/h6,8-9,11,14,19-20,22-23H,7,10,12-13H2,1-5H3/t14?,19-,20-,22?,23+,24-,25-,26-/m0/s1. The zero-order valence-electron chi connectivity index (χ0n) is 19.5. The molecule has 8 atom stereocenters. The molecule has 1 saturated heterocycles. The highest BCUT2D eigenvalue weighted by Gasteiger charge is 2.79. The normalized spacial score (nSPS) is 45.3. The first-order valence-corrected chi connectivity index (χ1v) is 11.7. The third kappa shape index (κ3) is 2.77. The van der Waals surface area contributed by atoms with Gasteiger partial charge in [-0.05, 0) is 67.1 Å². The van der Waals surface area contributed by atoms with Gasteiger partial charge in [0.25, 0.3) is 0 Å². The Kier molecular flexibility index (Phi) is 4.66. The van der Waals surface area contributed by atoms with E-state index < -0.39 is 5.97 Å². The summed E-state index contributed by atoms with van der Waals surface area (Å²) >= 11 is 0. The minimum absolute atomic E-state index is 0.0376. The number of hydrogen-bond donors (Lipinski definition) is 0. The van der Waals surface area contributed by atoms with Gasteiger partial charge in [-0.15, -0.1) is 0 Å². The second-order valence-corrected chi connectivity index (χ2v) is 10.8. The molecular formula is C26H32O6. The highest BCUT2D eigenvalue weighted by molar-refractivity contribution is 5.85. The predicted molar refractivity (Wildman–Crippen MR) is 116 cm³/mol. The van der Waals surface area contributed by atoms with Gasteiger partial charge < -0.3 is 14.2 Å². The molecule has 2 saturated carbocycles. The van der Waals surface area contributed by atoms with Crippen LogP contribution in [0.4, 0.5) is 0 Å². The molecule has 3 fully saturated rings. The van der Waals surface area contributed by atoms with Crippen LogP contribution in [0.1, 0.15) is 53.9 Å². The summed E-state index contributed by atoms with van der Waals surface area (Å²) in [5.41, 5.74) is 0.426. The lowest BCUT2D eigenvalue weighted by atomic mass is 9.48. The summed E-state index contributed by atoms with van der Waals surface area (Å²) in [7, 11) is 0. The van der Waals surface area contributed by atoms with E-state index in [9.17, 15) is 14.4 Å². The van der Waals surface area contributed by atoms with Gasteiger partial charge in [0.05, 0.1) is 6.10 Å². The van der Waals surface area contributed by atoms with Crippen LogP contribution in [0.25, 0.3) is 0 Å². The molecule has 0 N–H and O–H groups in total. The third-order valence-corrected chi connectivity index (χ3v) is 9.08. The van der Waals surface area contributed by atoms with E-state index in [1.165, 1.54) is 13.8 Å². The molecule has 0 aromatic carbocycles. The van der Waals surface area contributed by atoms with Crippen LogP contribution in [-0.2, 0) is 28.6 Å². The second kappa shape index (κ2) is 6.89. The molecule has 2 unspecified atom stereocenters. The number of carbonyl (C=O) groups excluding carboxylic acids is 3. The third-order valence-electron chi connectivity index (χ3n) is 9.08. The van der Waals surface area contributed by atoms with Gasteiger partial charge in [-0.25, -0.2) is 0 Å². The zero-order chi connectivity index (χ0) is 23.1. The maximum absolute atomic E-state index is 13.1. The number of carbonyl (C=O) groups is 3. The second-order valence-electron chi connectivity index (χ2n) is 10.8. The molecule has 1 aliphatic heterocycles. The molecule has 0 amide bonds. The average Bonchev–Trinajstić information content (AvgIpc) is 3.34. The van der Waals surface area contributed by atoms with Crippen molar-refractivity contribution >= 4 is 17.7 Å². The first-order chi connectivity index (χ1) is 15.0. The van der Waals surface area contributed by atoms with E-state index in [0.717, 1.165) is 24.8 Å². The minimum atomic E-state index is -0.415. The Morgan fingerprint density at radius 3 is 2.59 bits per heavy atom. The molecule has 0 aromatic rings. The maximum Gasteiger partial charge on any atom is 0.308 e. The van der Waals surface area contributed by atoms with Crippen LogP contribution in [0.2, 0.25) is 0 Å². The van der Waals surface area contributed by atoms with Gasteiger partial charge in [0, 0.05) is 25.2 Å². The van der Waals surface area contributed by atoms with Crippen molar-refractivity contribution in [2.45, 2.75) is 65.6 Å². The Balaban J connectivity index is 1.46. The Morgan fingerprint density at radius 2 is 1.91 bits per heavy atom. The van der Waals surface area contributed by atoms with Crippen LogP contribution >= 0.6 is 0 Å². The summed E-state index contributed by atoms with van der Waals surface area (Å²) in [5.74, 6) is 0.682. The van der Waals surface area contributed by atoms with Crippen molar-refractivity contribution in [2.24, 2.45) is 34.5 Å². The molecule has 1 spiro atoms. The molecular weight excluding hydrogens is 408 g/mol. The number of epoxide rings is 1. The van der Waals surface area contributed by atoms with Crippen LogP contribution in [0.15, 0.2) is 35.6 Å². The molecule has 6 heteroatoms. The molecule has 0 bridgehead atoms. The lowest BCUT2D eigenvalue weighted by Gasteiger charge is -2.53. The fraction of sp³-hybridized carbons (Fsp3) is 0.654. The van der Waals surface area contributed by atoms with E-state index in [0.29, 0.717) is 17.6 Å². The number of ether oxygens (including phenoxy) is 3. The highest BCUT2D eigenvalue weighted by atomic mass is 16.6. The van der Waals surface area contributed by atoms with Crippen molar-refractivity contribution in [3.8, 4) is 0 Å². The van der Waals surface area contributed by atoms with E-state index in [2.05, 4.69) is 32.9 Å². The van der Waals surface area contributed by atoms with Gasteiger partial charge in [-0.1, -0.05) is 26.0 Å². The molecule has 5 rings (SSSR count). The number of rotatable bonds is 4. The van der Waals surface area contributed by atoms with Gasteiger partial charge in [-0.2, -0.15) is 0 Å². The van der Waals surface area contributed by atoms with Gasteiger partial charge in [0.15, 0.2) is 5.78 Å². The predicted octanol–water partition coefficient (Wildman–Crippen LogP) is 3.91. The Bertz CT molecular complexity index is 990. The van der Waals surface area contributed by atoms with Crippen LogP contribution in [0.3, 0.4) is 0 Å². The van der Waals surface area contributed by atoms with Gasteiger partial charge in [0.2, 0.25) is 0 Å². The highest BCUT2D eigenvalue weighted by Crippen LogP contribution is 2.75. The van der Waals surface area contributed by atoms with Crippen molar-refractivity contribution in [3.05, 3.63) is 35.6 Å². The Labute approximate surface area is 189 Å². The fourth-order valence-corrected chi connectivity index (χ4v) is 7.94. The molecule has 0 aromatic heterocycles. The first kappa shape index (κ1) is 21.6. The van der Waals surface area contributed by atoms with Crippen molar-refractivity contribution < 1.29 is 28.6 Å². The molecule has 0 radical (unpaired) electrons. The fourth-order valence-electron chi connectivity index (χ4n) is 7.94. The van der Waals surface area contributed by atoms with Crippen LogP contribution in [0, 0.1) is 34.5 Å². The summed E-state index contributed by atoms with van der Waals surface area (Å²) in [6, 6.07) is 0.